The highest BCUT2D eigenvalue weighted by Crippen LogP contribution is 2.46. The van der Waals surface area contributed by atoms with Gasteiger partial charge in [-0.05, 0) is 55.0 Å². The minimum Gasteiger partial charge on any atom is -0.481 e. The van der Waals surface area contributed by atoms with Crippen LogP contribution in [0, 0.1) is 6.92 Å². The van der Waals surface area contributed by atoms with Crippen LogP contribution in [-0.4, -0.2) is 90.5 Å². The number of aryl methyl sites for hydroxylation is 2. The van der Waals surface area contributed by atoms with Gasteiger partial charge in [0.15, 0.2) is 11.5 Å². The molecule has 1 aliphatic carbocycles. The lowest BCUT2D eigenvalue weighted by Crippen LogP contribution is -2.46. The third-order valence-corrected chi connectivity index (χ3v) is 11.7. The average molecular weight is 788 g/mol. The molecule has 8 rings (SSSR count). The number of aliphatic hydroxyl groups excluding tert-OH is 1. The Labute approximate surface area is 324 Å². The Balaban J connectivity index is 1.12. The normalized spacial score (nSPS) is 19.4. The Bertz CT molecular complexity index is 2550. The number of likely N-dealkylation sites (tertiary alicyclic amines) is 1. The summed E-state index contributed by atoms with van der Waals surface area (Å²) in [5, 5.41) is 16.0. The van der Waals surface area contributed by atoms with Crippen molar-refractivity contribution in [1.29, 1.82) is 0 Å². The summed E-state index contributed by atoms with van der Waals surface area (Å²) < 4.78 is 35.7. The first-order chi connectivity index (χ1) is 26.8. The van der Waals surface area contributed by atoms with E-state index >= 15 is 0 Å². The highest BCUT2D eigenvalue weighted by atomic mass is 35.5. The van der Waals surface area contributed by atoms with Crippen LogP contribution in [0.4, 0.5) is 25.1 Å². The Kier molecular flexibility index (Phi) is 9.53. The van der Waals surface area contributed by atoms with Gasteiger partial charge in [0.1, 0.15) is 11.2 Å². The molecule has 5 heterocycles. The van der Waals surface area contributed by atoms with E-state index in [9.17, 15) is 28.3 Å². The number of fused-ring (bicyclic) bond motifs is 2. The summed E-state index contributed by atoms with van der Waals surface area (Å²) in [4.78, 5) is 55.4. The molecule has 292 valence electrons. The second-order valence-corrected chi connectivity index (χ2v) is 15.0. The van der Waals surface area contributed by atoms with E-state index in [0.717, 1.165) is 51.6 Å². The van der Waals surface area contributed by atoms with Gasteiger partial charge in [0, 0.05) is 68.7 Å². The van der Waals surface area contributed by atoms with E-state index in [1.165, 1.54) is 14.1 Å². The smallest absolute Gasteiger partial charge is 0.332 e. The highest BCUT2D eigenvalue weighted by Gasteiger charge is 2.49. The summed E-state index contributed by atoms with van der Waals surface area (Å²) in [6.45, 7) is 4.13. The van der Waals surface area contributed by atoms with E-state index in [2.05, 4.69) is 31.6 Å². The fraction of sp³-hybridized carbons (Fsp3) is 0.385. The summed E-state index contributed by atoms with van der Waals surface area (Å²) in [5.74, 6) is -0.463. The monoisotopic (exact) mass is 787 g/mol. The largest absolute Gasteiger partial charge is 0.481 e. The molecule has 5 aromatic rings. The second-order valence-electron chi connectivity index (χ2n) is 14.6. The third kappa shape index (κ3) is 6.15. The van der Waals surface area contributed by atoms with Crippen molar-refractivity contribution in [3.8, 4) is 28.3 Å². The summed E-state index contributed by atoms with van der Waals surface area (Å²) >= 11 is 7.22. The van der Waals surface area contributed by atoms with Gasteiger partial charge in [0.25, 0.3) is 12.0 Å². The predicted molar refractivity (Wildman–Crippen MR) is 207 cm³/mol. The maximum atomic E-state index is 14.0. The van der Waals surface area contributed by atoms with Crippen LogP contribution in [0.2, 0.25) is 5.02 Å². The average Bonchev–Trinajstić information content (AvgIpc) is 3.89. The molecule has 0 unspecified atom stereocenters. The molecule has 56 heavy (non-hydrogen) atoms. The number of carbonyl (C=O) groups is 1. The van der Waals surface area contributed by atoms with E-state index in [1.807, 2.05) is 31.2 Å². The number of nitrogens with zero attached hydrogens (tertiary/aromatic N) is 7. The number of carbonyl (C=O) groups excluding carboxylic acids is 1. The molecule has 14 nitrogen and oxygen atoms in total. The number of hydrogen-bond donors (Lipinski definition) is 3. The zero-order valence-electron chi connectivity index (χ0n) is 31.2. The van der Waals surface area contributed by atoms with E-state index in [1.54, 1.807) is 24.1 Å². The number of aliphatic hydroxyl groups is 1. The number of aromatic nitrogens is 5. The van der Waals surface area contributed by atoms with Crippen molar-refractivity contribution in [2.75, 3.05) is 45.2 Å². The van der Waals surface area contributed by atoms with E-state index in [-0.39, 0.29) is 41.1 Å². The van der Waals surface area contributed by atoms with Gasteiger partial charge in [-0.1, -0.05) is 41.9 Å². The molecule has 3 aromatic heterocycles. The summed E-state index contributed by atoms with van der Waals surface area (Å²) in [6, 6.07) is 13.0. The van der Waals surface area contributed by atoms with Crippen molar-refractivity contribution in [2.45, 2.75) is 44.2 Å². The molecule has 0 radical (unpaired) electrons. The van der Waals surface area contributed by atoms with Crippen LogP contribution in [0.3, 0.4) is 0 Å². The summed E-state index contributed by atoms with van der Waals surface area (Å²) in [6.07, 6.45) is -0.560. The zero-order chi connectivity index (χ0) is 39.6. The second kappa shape index (κ2) is 14.2. The van der Waals surface area contributed by atoms with Crippen LogP contribution in [0.5, 0.6) is 5.88 Å². The van der Waals surface area contributed by atoms with Crippen LogP contribution in [0.25, 0.3) is 33.4 Å². The summed E-state index contributed by atoms with van der Waals surface area (Å²) in [7, 11) is 4.27. The first kappa shape index (κ1) is 37.5. The maximum absolute atomic E-state index is 14.0. The molecule has 0 saturated carbocycles. The van der Waals surface area contributed by atoms with Crippen molar-refractivity contribution in [3.63, 3.8) is 0 Å². The molecule has 0 bridgehead atoms. The summed E-state index contributed by atoms with van der Waals surface area (Å²) in [5.41, 5.74) is 4.09. The van der Waals surface area contributed by atoms with Crippen LogP contribution in [0.15, 0.2) is 52.1 Å². The Morgan fingerprint density at radius 2 is 1.80 bits per heavy atom. The molecule has 2 atom stereocenters. The molecule has 3 N–H and O–H groups in total. The van der Waals surface area contributed by atoms with E-state index < -0.39 is 23.5 Å². The van der Waals surface area contributed by atoms with Gasteiger partial charge < -0.3 is 25.4 Å². The number of hydrogen-bond acceptors (Lipinski definition) is 10. The number of benzene rings is 2. The number of urea groups is 1. The van der Waals surface area contributed by atoms with Crippen LogP contribution in [-0.2, 0) is 20.5 Å². The minimum atomic E-state index is -3.05. The molecule has 2 aliphatic heterocycles. The molecule has 1 spiro atoms. The quantitative estimate of drug-likeness (QED) is 0.189. The van der Waals surface area contributed by atoms with Crippen molar-refractivity contribution in [1.82, 2.24) is 39.2 Å². The number of pyridine rings is 1. The van der Waals surface area contributed by atoms with Crippen molar-refractivity contribution < 1.29 is 23.4 Å². The van der Waals surface area contributed by atoms with E-state index in [4.69, 9.17) is 21.3 Å². The number of alkyl halides is 2. The molecule has 3 aliphatic rings. The molecule has 2 aromatic carbocycles. The number of ether oxygens (including phenoxy) is 1. The molecular formula is C39H40ClF2N9O5. The van der Waals surface area contributed by atoms with Gasteiger partial charge in [-0.15, -0.1) is 0 Å². The Morgan fingerprint density at radius 1 is 1.05 bits per heavy atom. The number of halogens is 3. The zero-order valence-corrected chi connectivity index (χ0v) is 32.0. The van der Waals surface area contributed by atoms with E-state index in [0.29, 0.717) is 58.6 Å². The lowest BCUT2D eigenvalue weighted by atomic mass is 9.96. The number of methoxy groups -OCH3 is 1. The van der Waals surface area contributed by atoms with Gasteiger partial charge in [-0.2, -0.15) is 0 Å². The van der Waals surface area contributed by atoms with Crippen LogP contribution < -0.4 is 26.6 Å². The van der Waals surface area contributed by atoms with Gasteiger partial charge in [0.05, 0.1) is 30.0 Å². The maximum Gasteiger partial charge on any atom is 0.332 e. The lowest BCUT2D eigenvalue weighted by molar-refractivity contribution is 0.141. The molecular weight excluding hydrogens is 748 g/mol. The van der Waals surface area contributed by atoms with Crippen molar-refractivity contribution in [2.24, 2.45) is 14.1 Å². The SMILES string of the molecule is COc1nc(-c2cccc(-c3cccc(Nc4nc(C(F)F)nc5c4c(=O)n(C)c(=O)n5C)c3C)c2Cl)cc2c1[C@H](N1CC[C@@]3(CN(CCO)C(=O)N3)C1)CC2. The fourth-order valence-electron chi connectivity index (χ4n) is 8.52. The third-order valence-electron chi connectivity index (χ3n) is 11.3. The van der Waals surface area contributed by atoms with Crippen molar-refractivity contribution >= 4 is 40.2 Å². The Hall–Kier alpha value is -5.45. The molecule has 17 heteroatoms. The van der Waals surface area contributed by atoms with Crippen LogP contribution >= 0.6 is 11.6 Å². The van der Waals surface area contributed by atoms with Gasteiger partial charge in [0.2, 0.25) is 5.88 Å². The number of amides is 2. The first-order valence-corrected chi connectivity index (χ1v) is 18.6. The molecule has 2 amide bonds. The van der Waals surface area contributed by atoms with Crippen LogP contribution in [0.1, 0.15) is 47.8 Å². The lowest BCUT2D eigenvalue weighted by Gasteiger charge is -2.28. The number of β-amino-alcohol motifs (C(OH)–C–C–N with tert-alkyl or cyclic N) is 1. The highest BCUT2D eigenvalue weighted by molar-refractivity contribution is 6.36. The predicted octanol–water partition coefficient (Wildman–Crippen LogP) is 4.86. The van der Waals surface area contributed by atoms with Gasteiger partial charge in [-0.25, -0.2) is 33.3 Å². The Morgan fingerprint density at radius 3 is 2.55 bits per heavy atom. The fourth-order valence-corrected chi connectivity index (χ4v) is 8.84. The van der Waals surface area contributed by atoms with Crippen molar-refractivity contribution in [3.05, 3.63) is 90.8 Å². The van der Waals surface area contributed by atoms with Gasteiger partial charge in [-0.3, -0.25) is 18.8 Å². The number of rotatable bonds is 9. The molecule has 2 fully saturated rings. The first-order valence-electron chi connectivity index (χ1n) is 18.3. The van der Waals surface area contributed by atoms with Gasteiger partial charge >= 0.3 is 11.7 Å². The topological polar surface area (TPSA) is 160 Å². The molecule has 2 saturated heterocycles. The number of nitrogens with one attached hydrogen (secondary N) is 2. The number of anilines is 2. The minimum absolute atomic E-state index is 0.0678. The standard InChI is InChI=1S/C39H40ClF2N9O5/c1-20-22(7-6-10-25(20)43-32-29-34(46-33(45-32)31(41)42)48(2)38(55)49(3)36(29)53)23-8-5-9-24(30(23)40)26-17-21-11-12-27(28(21)35(44-26)56-4)50-14-13-39(18-50)19-51(15-16-52)37(54)47-39/h5-10,17,27,31,52H,11-16,18-19H2,1-4H3,(H,47,54)(H,43,45,46)/t27-,39+/m1/s1.